The predicted octanol–water partition coefficient (Wildman–Crippen LogP) is 0.217. The van der Waals surface area contributed by atoms with Crippen LogP contribution in [0.1, 0.15) is 25.7 Å². The van der Waals surface area contributed by atoms with Gasteiger partial charge in [0.15, 0.2) is 0 Å². The summed E-state index contributed by atoms with van der Waals surface area (Å²) in [5.41, 5.74) is 0. The zero-order chi connectivity index (χ0) is 11.4. The topological polar surface area (TPSA) is 52.6 Å². The minimum atomic E-state index is 0.219. The summed E-state index contributed by atoms with van der Waals surface area (Å²) in [7, 11) is 0. The highest BCUT2D eigenvalue weighted by atomic mass is 16.3. The molecule has 2 heterocycles. The van der Waals surface area contributed by atoms with Crippen molar-refractivity contribution in [3.8, 4) is 0 Å². The molecule has 2 rings (SSSR count). The normalized spacial score (nSPS) is 26.6. The number of aliphatic hydroxyl groups is 1. The van der Waals surface area contributed by atoms with Crippen molar-refractivity contribution in [3.05, 3.63) is 0 Å². The predicted molar refractivity (Wildman–Crippen MR) is 62.0 cm³/mol. The summed E-state index contributed by atoms with van der Waals surface area (Å²) in [6, 6.07) is 0. The summed E-state index contributed by atoms with van der Waals surface area (Å²) in [4.78, 5) is 13.6. The summed E-state index contributed by atoms with van der Waals surface area (Å²) < 4.78 is 0. The highest BCUT2D eigenvalue weighted by Gasteiger charge is 2.29. The van der Waals surface area contributed by atoms with E-state index >= 15 is 0 Å². The van der Waals surface area contributed by atoms with Crippen molar-refractivity contribution in [1.29, 1.82) is 0 Å². The number of aliphatic hydroxyl groups excluding tert-OH is 1. The Bertz CT molecular complexity index is 233. The van der Waals surface area contributed by atoms with Crippen LogP contribution < -0.4 is 5.32 Å². The highest BCUT2D eigenvalue weighted by molar-refractivity contribution is 5.77. The molecule has 92 valence electrons. The minimum absolute atomic E-state index is 0.219. The fourth-order valence-corrected chi connectivity index (χ4v) is 2.55. The molecule has 2 saturated heterocycles. The summed E-state index contributed by atoms with van der Waals surface area (Å²) in [5.74, 6) is 1.29. The van der Waals surface area contributed by atoms with E-state index in [1.807, 2.05) is 4.90 Å². The van der Waals surface area contributed by atoms with Crippen LogP contribution >= 0.6 is 0 Å². The smallest absolute Gasteiger partial charge is 0.222 e. The first-order chi connectivity index (χ1) is 7.79. The lowest BCUT2D eigenvalue weighted by Crippen LogP contribution is -2.51. The molecule has 4 nitrogen and oxygen atoms in total. The molecular weight excluding hydrogens is 204 g/mol. The van der Waals surface area contributed by atoms with Crippen molar-refractivity contribution in [3.63, 3.8) is 0 Å². The van der Waals surface area contributed by atoms with Gasteiger partial charge in [-0.05, 0) is 38.3 Å². The molecule has 4 heteroatoms. The first-order valence-electron chi connectivity index (χ1n) is 6.39. The number of piperidine rings is 1. The zero-order valence-electron chi connectivity index (χ0n) is 9.82. The van der Waals surface area contributed by atoms with Gasteiger partial charge in [0.1, 0.15) is 0 Å². The van der Waals surface area contributed by atoms with Crippen molar-refractivity contribution in [2.75, 3.05) is 32.8 Å². The lowest BCUT2D eigenvalue weighted by Gasteiger charge is -2.38. The number of likely N-dealkylation sites (tertiary alicyclic amines) is 1. The van der Waals surface area contributed by atoms with E-state index in [1.54, 1.807) is 0 Å². The van der Waals surface area contributed by atoms with E-state index in [0.29, 0.717) is 18.3 Å². The molecule has 0 aromatic carbocycles. The molecule has 0 aromatic rings. The number of carbonyl (C=O) groups excluding carboxylic acids is 1. The van der Waals surface area contributed by atoms with Crippen molar-refractivity contribution in [2.24, 2.45) is 11.8 Å². The Morgan fingerprint density at radius 1 is 1.38 bits per heavy atom. The van der Waals surface area contributed by atoms with Gasteiger partial charge in [-0.1, -0.05) is 0 Å². The molecule has 1 amide bonds. The second kappa shape index (κ2) is 5.64. The lowest BCUT2D eigenvalue weighted by molar-refractivity contribution is -0.138. The third-order valence-corrected chi connectivity index (χ3v) is 3.73. The Kier molecular flexibility index (Phi) is 4.18. The molecule has 0 spiro atoms. The van der Waals surface area contributed by atoms with E-state index < -0.39 is 0 Å². The molecular formula is C12H22N2O2. The average Bonchev–Trinajstić information content (AvgIpc) is 2.26. The van der Waals surface area contributed by atoms with Gasteiger partial charge in [0.05, 0.1) is 0 Å². The fourth-order valence-electron chi connectivity index (χ4n) is 2.55. The Hall–Kier alpha value is -0.610. The van der Waals surface area contributed by atoms with Crippen LogP contribution in [0.5, 0.6) is 0 Å². The van der Waals surface area contributed by atoms with Gasteiger partial charge in [0, 0.05) is 32.0 Å². The largest absolute Gasteiger partial charge is 0.396 e. The highest BCUT2D eigenvalue weighted by Crippen LogP contribution is 2.20. The summed E-state index contributed by atoms with van der Waals surface area (Å²) in [6.07, 6.45) is 4.21. The molecule has 2 aliphatic heterocycles. The van der Waals surface area contributed by atoms with Crippen molar-refractivity contribution < 1.29 is 9.90 Å². The second-order valence-electron chi connectivity index (χ2n) is 5.10. The van der Waals surface area contributed by atoms with Gasteiger partial charge in [-0.2, -0.15) is 0 Å². The van der Waals surface area contributed by atoms with E-state index in [4.69, 9.17) is 5.11 Å². The number of hydrogen-bond acceptors (Lipinski definition) is 3. The Balaban J connectivity index is 1.60. The van der Waals surface area contributed by atoms with Gasteiger partial charge in [0.2, 0.25) is 5.91 Å². The Labute approximate surface area is 97.0 Å². The van der Waals surface area contributed by atoms with Gasteiger partial charge in [0.25, 0.3) is 0 Å². The van der Waals surface area contributed by atoms with Crippen LogP contribution in [-0.4, -0.2) is 48.7 Å². The monoisotopic (exact) mass is 226 g/mol. The van der Waals surface area contributed by atoms with Gasteiger partial charge < -0.3 is 15.3 Å². The molecule has 0 saturated carbocycles. The molecule has 16 heavy (non-hydrogen) atoms. The van der Waals surface area contributed by atoms with Gasteiger partial charge in [-0.15, -0.1) is 0 Å². The molecule has 0 radical (unpaired) electrons. The van der Waals surface area contributed by atoms with Gasteiger partial charge in [-0.3, -0.25) is 4.79 Å². The number of carbonyl (C=O) groups is 1. The summed E-state index contributed by atoms with van der Waals surface area (Å²) in [6.45, 7) is 3.95. The molecule has 0 bridgehead atoms. The zero-order valence-corrected chi connectivity index (χ0v) is 9.82. The van der Waals surface area contributed by atoms with Crippen LogP contribution in [0.3, 0.4) is 0 Å². The Morgan fingerprint density at radius 3 is 2.81 bits per heavy atom. The van der Waals surface area contributed by atoms with Crippen molar-refractivity contribution >= 4 is 5.91 Å². The standard InChI is InChI=1S/C12H22N2O2/c15-9-11-7-14(8-11)12(16)4-3-10-2-1-5-13-6-10/h10-11,13,15H,1-9H2. The maximum absolute atomic E-state index is 11.8. The first-order valence-corrected chi connectivity index (χ1v) is 6.39. The quantitative estimate of drug-likeness (QED) is 0.721. The van der Waals surface area contributed by atoms with Crippen LogP contribution in [0.2, 0.25) is 0 Å². The third-order valence-electron chi connectivity index (χ3n) is 3.73. The number of amides is 1. The molecule has 1 unspecified atom stereocenters. The summed E-state index contributed by atoms with van der Waals surface area (Å²) in [5, 5.41) is 12.2. The molecule has 2 fully saturated rings. The van der Waals surface area contributed by atoms with Crippen LogP contribution in [0.4, 0.5) is 0 Å². The third kappa shape index (κ3) is 2.95. The molecule has 1 atom stereocenters. The van der Waals surface area contributed by atoms with Crippen LogP contribution in [0.15, 0.2) is 0 Å². The molecule has 2 aliphatic rings. The maximum Gasteiger partial charge on any atom is 0.222 e. The van der Waals surface area contributed by atoms with E-state index in [9.17, 15) is 4.79 Å². The van der Waals surface area contributed by atoms with E-state index in [2.05, 4.69) is 5.32 Å². The second-order valence-corrected chi connectivity index (χ2v) is 5.10. The van der Waals surface area contributed by atoms with Crippen molar-refractivity contribution in [1.82, 2.24) is 10.2 Å². The van der Waals surface area contributed by atoms with Crippen LogP contribution in [-0.2, 0) is 4.79 Å². The van der Waals surface area contributed by atoms with Crippen LogP contribution in [0.25, 0.3) is 0 Å². The number of hydrogen-bond donors (Lipinski definition) is 2. The number of nitrogens with one attached hydrogen (secondary N) is 1. The summed E-state index contributed by atoms with van der Waals surface area (Å²) >= 11 is 0. The molecule has 0 aromatic heterocycles. The lowest BCUT2D eigenvalue weighted by atomic mass is 9.93. The maximum atomic E-state index is 11.8. The van der Waals surface area contributed by atoms with E-state index in [1.165, 1.54) is 12.8 Å². The number of rotatable bonds is 4. The fraction of sp³-hybridized carbons (Fsp3) is 0.917. The Morgan fingerprint density at radius 2 is 2.19 bits per heavy atom. The van der Waals surface area contributed by atoms with Crippen molar-refractivity contribution in [2.45, 2.75) is 25.7 Å². The SMILES string of the molecule is O=C(CCC1CCCNC1)N1CC(CO)C1. The molecule has 0 aliphatic carbocycles. The van der Waals surface area contributed by atoms with E-state index in [0.717, 1.165) is 32.6 Å². The number of nitrogens with zero attached hydrogens (tertiary/aromatic N) is 1. The first kappa shape index (κ1) is 11.9. The van der Waals surface area contributed by atoms with Gasteiger partial charge >= 0.3 is 0 Å². The van der Waals surface area contributed by atoms with Crippen LogP contribution in [0, 0.1) is 11.8 Å². The minimum Gasteiger partial charge on any atom is -0.396 e. The molecule has 2 N–H and O–H groups in total. The van der Waals surface area contributed by atoms with E-state index in [-0.39, 0.29) is 12.5 Å². The van der Waals surface area contributed by atoms with Gasteiger partial charge in [-0.25, -0.2) is 0 Å². The average molecular weight is 226 g/mol.